The normalized spacial score (nSPS) is 30.6. The molecule has 2 fully saturated rings. The number of carbonyl (C=O) groups excluding carboxylic acids is 1. The minimum Gasteiger partial charge on any atom is -0.392 e. The van der Waals surface area contributed by atoms with Crippen molar-refractivity contribution in [2.45, 2.75) is 90.5 Å². The van der Waals surface area contributed by atoms with Crippen LogP contribution in [0.15, 0.2) is 60.0 Å². The van der Waals surface area contributed by atoms with Gasteiger partial charge >= 0.3 is 0 Å². The topological polar surface area (TPSA) is 94.9 Å². The molecule has 4 rings (SSSR count). The summed E-state index contributed by atoms with van der Waals surface area (Å²) in [5.74, 6) is -0.588. The van der Waals surface area contributed by atoms with Crippen molar-refractivity contribution in [2.24, 2.45) is 16.7 Å². The molecule has 7 atom stereocenters. The van der Waals surface area contributed by atoms with E-state index in [-0.39, 0.29) is 23.5 Å². The molecule has 9 heteroatoms. The van der Waals surface area contributed by atoms with Crippen LogP contribution in [0.25, 0.3) is 0 Å². The third kappa shape index (κ3) is 6.61. The molecule has 6 nitrogen and oxygen atoms in total. The van der Waals surface area contributed by atoms with Crippen molar-refractivity contribution < 1.29 is 23.4 Å². The Bertz CT molecular complexity index is 1410. The Kier molecular flexibility index (Phi) is 9.91. The summed E-state index contributed by atoms with van der Waals surface area (Å²) in [7, 11) is -3.43. The minimum absolute atomic E-state index is 0.0327. The molecular weight excluding hydrogens is 593 g/mol. The Labute approximate surface area is 260 Å². The maximum atomic E-state index is 14.8. The van der Waals surface area contributed by atoms with Crippen molar-refractivity contribution in [3.8, 4) is 0 Å². The van der Waals surface area contributed by atoms with Crippen molar-refractivity contribution in [3.63, 3.8) is 0 Å². The molecule has 0 radical (unpaired) electrons. The van der Waals surface area contributed by atoms with Crippen LogP contribution in [0.1, 0.15) is 83.4 Å². The summed E-state index contributed by atoms with van der Waals surface area (Å²) in [4.78, 5) is 16.7. The van der Waals surface area contributed by atoms with Gasteiger partial charge < -0.3 is 15.1 Å². The molecule has 2 aromatic rings. The summed E-state index contributed by atoms with van der Waals surface area (Å²) < 4.78 is 25.0. The first-order valence-electron chi connectivity index (χ1n) is 14.7. The molecule has 0 aromatic heterocycles. The highest BCUT2D eigenvalue weighted by molar-refractivity contribution is 7.94. The molecule has 3 unspecified atom stereocenters. The smallest absolute Gasteiger partial charge is 0.229 e. The first kappa shape index (κ1) is 33.0. The molecule has 0 bridgehead atoms. The van der Waals surface area contributed by atoms with Crippen molar-refractivity contribution in [1.82, 2.24) is 4.90 Å². The van der Waals surface area contributed by atoms with E-state index in [4.69, 9.17) is 23.2 Å². The van der Waals surface area contributed by atoms with Crippen LogP contribution < -0.4 is 0 Å². The first-order chi connectivity index (χ1) is 19.6. The van der Waals surface area contributed by atoms with Gasteiger partial charge in [-0.2, -0.15) is 0 Å². The van der Waals surface area contributed by atoms with Gasteiger partial charge in [-0.15, -0.1) is 0 Å². The highest BCUT2D eigenvalue weighted by Crippen LogP contribution is 2.55. The molecule has 1 heterocycles. The second kappa shape index (κ2) is 12.6. The van der Waals surface area contributed by atoms with Crippen LogP contribution in [-0.2, 0) is 14.6 Å². The predicted octanol–water partition coefficient (Wildman–Crippen LogP) is 6.94. The van der Waals surface area contributed by atoms with Gasteiger partial charge in [0.05, 0.1) is 30.0 Å². The third-order valence-electron chi connectivity index (χ3n) is 9.58. The Balaban J connectivity index is 1.89. The first-order valence-corrected chi connectivity index (χ1v) is 17.2. The van der Waals surface area contributed by atoms with Crippen LogP contribution in [-0.4, -0.2) is 53.4 Å². The fourth-order valence-electron chi connectivity index (χ4n) is 6.96. The predicted molar refractivity (Wildman–Crippen MR) is 169 cm³/mol. The number of nitrogens with zero attached hydrogens (tertiary/aromatic N) is 1. The van der Waals surface area contributed by atoms with Gasteiger partial charge in [0.2, 0.25) is 5.91 Å². The molecule has 1 saturated heterocycles. The standard InChI is InChI=1S/C33H43Cl2NO5S/c1-6-26(15-16-42(40,41)7-2)36-29(21-11-13-24(34)14-12-21)27(22-9-8-10-25(35)17-22)20-33(5,31(36)39)19-23-18-28(37)32(3,4)30(23)38/h8-17,23,26-30,37-38H,6-7,18-20H2,1-5H3/b16-15+/t23?,26-,27+,28?,29+,30?,33-/m0/s1. The van der Waals surface area contributed by atoms with Crippen LogP contribution in [0.3, 0.4) is 0 Å². The highest BCUT2D eigenvalue weighted by atomic mass is 35.5. The summed E-state index contributed by atoms with van der Waals surface area (Å²) >= 11 is 12.8. The number of likely N-dealkylation sites (tertiary alicyclic amines) is 1. The van der Waals surface area contributed by atoms with Gasteiger partial charge in [-0.25, -0.2) is 8.42 Å². The van der Waals surface area contributed by atoms with E-state index in [0.29, 0.717) is 35.7 Å². The van der Waals surface area contributed by atoms with Crippen molar-refractivity contribution in [2.75, 3.05) is 5.75 Å². The Morgan fingerprint density at radius 1 is 1.02 bits per heavy atom. The maximum absolute atomic E-state index is 14.8. The van der Waals surface area contributed by atoms with Crippen molar-refractivity contribution in [3.05, 3.63) is 81.2 Å². The molecule has 1 saturated carbocycles. The molecule has 2 aromatic carbocycles. The number of aliphatic hydroxyl groups excluding tert-OH is 2. The quantitative estimate of drug-likeness (QED) is 0.311. The Hall–Kier alpha value is -1.90. The van der Waals surface area contributed by atoms with Gasteiger partial charge in [0.15, 0.2) is 9.84 Å². The summed E-state index contributed by atoms with van der Waals surface area (Å²) in [6.07, 6.45) is 1.99. The average molecular weight is 637 g/mol. The maximum Gasteiger partial charge on any atom is 0.229 e. The van der Waals surface area contributed by atoms with E-state index in [1.54, 1.807) is 25.1 Å². The van der Waals surface area contributed by atoms with Crippen LogP contribution in [0.2, 0.25) is 10.0 Å². The number of halogens is 2. The van der Waals surface area contributed by atoms with Gasteiger partial charge in [-0.1, -0.05) is 88.2 Å². The lowest BCUT2D eigenvalue weighted by molar-refractivity contribution is -0.155. The fourth-order valence-corrected chi connectivity index (χ4v) is 7.90. The second-order valence-corrected chi connectivity index (χ2v) is 15.9. The van der Waals surface area contributed by atoms with Crippen LogP contribution in [0, 0.1) is 16.7 Å². The Morgan fingerprint density at radius 2 is 1.69 bits per heavy atom. The lowest BCUT2D eigenvalue weighted by atomic mass is 9.64. The van der Waals surface area contributed by atoms with E-state index < -0.39 is 45.0 Å². The van der Waals surface area contributed by atoms with E-state index >= 15 is 0 Å². The van der Waals surface area contributed by atoms with E-state index in [9.17, 15) is 23.4 Å². The van der Waals surface area contributed by atoms with E-state index in [1.807, 2.05) is 69.0 Å². The number of hydrogen-bond donors (Lipinski definition) is 2. The molecule has 0 spiro atoms. The van der Waals surface area contributed by atoms with Gasteiger partial charge in [0.1, 0.15) is 0 Å². The summed E-state index contributed by atoms with van der Waals surface area (Å²) in [6, 6.07) is 14.2. The minimum atomic E-state index is -3.43. The van der Waals surface area contributed by atoms with Crippen LogP contribution >= 0.6 is 23.2 Å². The van der Waals surface area contributed by atoms with Gasteiger partial charge in [-0.3, -0.25) is 4.79 Å². The molecule has 42 heavy (non-hydrogen) atoms. The van der Waals surface area contributed by atoms with Gasteiger partial charge in [0.25, 0.3) is 0 Å². The van der Waals surface area contributed by atoms with Crippen molar-refractivity contribution >= 4 is 38.9 Å². The summed E-state index contributed by atoms with van der Waals surface area (Å²) in [5, 5.41) is 24.4. The third-order valence-corrected chi connectivity index (χ3v) is 11.4. The zero-order valence-corrected chi connectivity index (χ0v) is 27.3. The molecule has 1 amide bonds. The van der Waals surface area contributed by atoms with Gasteiger partial charge in [0, 0.05) is 32.2 Å². The molecule has 1 aliphatic heterocycles. The lowest BCUT2D eigenvalue weighted by Crippen LogP contribution is -2.56. The molecular formula is C33H43Cl2NO5S. The SMILES string of the molecule is CC[C@@H](/C=C/S(=O)(=O)CC)N1C(=O)[C@@](C)(CC2CC(O)C(C)(C)C2O)C[C@H](c2cccc(Cl)c2)[C@H]1c1ccc(Cl)cc1. The highest BCUT2D eigenvalue weighted by Gasteiger charge is 2.55. The molecule has 1 aliphatic carbocycles. The number of benzene rings is 2. The number of aliphatic hydroxyl groups is 2. The number of hydrogen-bond acceptors (Lipinski definition) is 5. The largest absolute Gasteiger partial charge is 0.392 e. The van der Waals surface area contributed by atoms with E-state index in [0.717, 1.165) is 11.1 Å². The monoisotopic (exact) mass is 635 g/mol. The lowest BCUT2D eigenvalue weighted by Gasteiger charge is -2.52. The molecule has 230 valence electrons. The Morgan fingerprint density at radius 3 is 2.24 bits per heavy atom. The van der Waals surface area contributed by atoms with Gasteiger partial charge in [-0.05, 0) is 67.0 Å². The van der Waals surface area contributed by atoms with Crippen LogP contribution in [0.4, 0.5) is 0 Å². The zero-order valence-electron chi connectivity index (χ0n) is 25.0. The molecule has 2 aliphatic rings. The zero-order chi connectivity index (χ0) is 31.0. The number of rotatable bonds is 9. The number of carbonyl (C=O) groups is 1. The fraction of sp³-hybridized carbons (Fsp3) is 0.545. The van der Waals surface area contributed by atoms with E-state index in [1.165, 1.54) is 5.41 Å². The summed E-state index contributed by atoms with van der Waals surface area (Å²) in [6.45, 7) is 9.20. The molecule has 2 N–H and O–H groups in total. The number of piperidine rings is 1. The summed E-state index contributed by atoms with van der Waals surface area (Å²) in [5.41, 5.74) is 0.285. The van der Waals surface area contributed by atoms with E-state index in [2.05, 4.69) is 0 Å². The van der Waals surface area contributed by atoms with Crippen molar-refractivity contribution in [1.29, 1.82) is 0 Å². The number of amides is 1. The van der Waals surface area contributed by atoms with Crippen LogP contribution in [0.5, 0.6) is 0 Å². The second-order valence-electron chi connectivity index (χ2n) is 12.9. The number of sulfone groups is 1. The average Bonchev–Trinajstić information content (AvgIpc) is 3.13.